The van der Waals surface area contributed by atoms with E-state index in [-0.39, 0.29) is 5.79 Å². The van der Waals surface area contributed by atoms with Crippen LogP contribution in [0.5, 0.6) is 0 Å². The van der Waals surface area contributed by atoms with Crippen LogP contribution in [0.25, 0.3) is 0 Å². The molecule has 1 aromatic carbocycles. The molecule has 1 saturated carbocycles. The summed E-state index contributed by atoms with van der Waals surface area (Å²) in [7, 11) is 0. The van der Waals surface area contributed by atoms with Crippen LogP contribution in [-0.2, 0) is 14.9 Å². The van der Waals surface area contributed by atoms with E-state index < -0.39 is 0 Å². The van der Waals surface area contributed by atoms with Crippen molar-refractivity contribution in [3.05, 3.63) is 34.9 Å². The van der Waals surface area contributed by atoms with E-state index in [0.29, 0.717) is 16.2 Å². The van der Waals surface area contributed by atoms with Gasteiger partial charge in [0.2, 0.25) is 0 Å². The molecule has 1 unspecified atom stereocenters. The summed E-state index contributed by atoms with van der Waals surface area (Å²) < 4.78 is 12.1. The van der Waals surface area contributed by atoms with Crippen molar-refractivity contribution in [2.75, 3.05) is 13.2 Å². The Balaban J connectivity index is 1.78. The first-order chi connectivity index (χ1) is 11.1. The molecule has 3 heteroatoms. The Bertz CT molecular complexity index is 593. The number of alkyl halides is 1. The summed E-state index contributed by atoms with van der Waals surface area (Å²) in [5, 5.41) is 0. The van der Waals surface area contributed by atoms with Crippen molar-refractivity contribution in [1.82, 2.24) is 0 Å². The summed E-state index contributed by atoms with van der Waals surface area (Å²) in [6, 6.07) is 7.11. The Morgan fingerprint density at radius 2 is 1.96 bits per heavy atom. The van der Waals surface area contributed by atoms with Gasteiger partial charge in [0.15, 0.2) is 5.79 Å². The second kappa shape index (κ2) is 5.86. The molecule has 1 heterocycles. The third-order valence-electron chi connectivity index (χ3n) is 6.58. The molecule has 2 fully saturated rings. The number of halogens is 1. The summed E-state index contributed by atoms with van der Waals surface area (Å²) in [5.74, 6) is 0.378. The average molecular weight is 379 g/mol. The molecule has 1 aliphatic heterocycles. The lowest BCUT2D eigenvalue weighted by molar-refractivity contribution is -0.199. The lowest BCUT2D eigenvalue weighted by atomic mass is 9.59. The maximum Gasteiger partial charge on any atom is 0.168 e. The lowest BCUT2D eigenvalue weighted by Crippen LogP contribution is -2.48. The van der Waals surface area contributed by atoms with E-state index in [2.05, 4.69) is 48.0 Å². The highest BCUT2D eigenvalue weighted by atomic mass is 79.9. The molecule has 2 aliphatic carbocycles. The van der Waals surface area contributed by atoms with Gasteiger partial charge in [0, 0.05) is 17.7 Å². The molecule has 3 aliphatic rings. The van der Waals surface area contributed by atoms with Crippen molar-refractivity contribution >= 4 is 15.9 Å². The Morgan fingerprint density at radius 1 is 1.17 bits per heavy atom. The zero-order chi connectivity index (χ0) is 16.1. The van der Waals surface area contributed by atoms with E-state index in [4.69, 9.17) is 9.47 Å². The summed E-state index contributed by atoms with van der Waals surface area (Å²) in [5.41, 5.74) is 4.78. The van der Waals surface area contributed by atoms with E-state index in [9.17, 15) is 0 Å². The summed E-state index contributed by atoms with van der Waals surface area (Å²) in [4.78, 5) is 0.479. The number of rotatable bonds is 1. The Labute approximate surface area is 148 Å². The second-order valence-corrected chi connectivity index (χ2v) is 8.76. The van der Waals surface area contributed by atoms with Crippen LogP contribution in [0.4, 0.5) is 0 Å². The predicted molar refractivity (Wildman–Crippen MR) is 96.0 cm³/mol. The molecule has 126 valence electrons. The molecule has 2 nitrogen and oxygen atoms in total. The van der Waals surface area contributed by atoms with Crippen LogP contribution in [0.2, 0.25) is 0 Å². The van der Waals surface area contributed by atoms with Crippen LogP contribution in [0.1, 0.15) is 67.0 Å². The monoisotopic (exact) mass is 378 g/mol. The van der Waals surface area contributed by atoms with Crippen molar-refractivity contribution in [2.45, 2.75) is 68.4 Å². The maximum atomic E-state index is 6.06. The van der Waals surface area contributed by atoms with Gasteiger partial charge in [0.25, 0.3) is 0 Å². The topological polar surface area (TPSA) is 18.5 Å². The van der Waals surface area contributed by atoms with Gasteiger partial charge in [0.05, 0.1) is 13.2 Å². The summed E-state index contributed by atoms with van der Waals surface area (Å²) in [6.45, 7) is 6.11. The second-order valence-electron chi connectivity index (χ2n) is 7.65. The van der Waals surface area contributed by atoms with Gasteiger partial charge in [-0.1, -0.05) is 46.6 Å². The number of fused-ring (bicyclic) bond motifs is 3. The quantitative estimate of drug-likeness (QED) is 0.607. The highest BCUT2D eigenvalue weighted by Crippen LogP contribution is 2.57. The summed E-state index contributed by atoms with van der Waals surface area (Å²) >= 11 is 3.97. The fourth-order valence-electron chi connectivity index (χ4n) is 5.34. The molecular weight excluding hydrogens is 352 g/mol. The van der Waals surface area contributed by atoms with E-state index in [0.717, 1.165) is 26.1 Å². The van der Waals surface area contributed by atoms with Gasteiger partial charge >= 0.3 is 0 Å². The Morgan fingerprint density at radius 3 is 2.70 bits per heavy atom. The van der Waals surface area contributed by atoms with Crippen molar-refractivity contribution in [3.63, 3.8) is 0 Å². The fraction of sp³-hybridized carbons (Fsp3) is 0.700. The minimum atomic E-state index is -0.277. The standard InChI is InChI=1S/C20H27BrO2/c1-3-19-8-9-20(22-10-11-23-20)13-15(19)5-7-18(21)16-12-14(2)4-6-17(16)19/h4,6,12,15,18H,3,5,7-11,13H2,1-2H3/t15-,18?,19+/m0/s1. The largest absolute Gasteiger partial charge is 0.348 e. The van der Waals surface area contributed by atoms with Gasteiger partial charge in [-0.25, -0.2) is 0 Å². The van der Waals surface area contributed by atoms with E-state index in [1.54, 1.807) is 5.56 Å². The van der Waals surface area contributed by atoms with Gasteiger partial charge in [-0.15, -0.1) is 0 Å². The first-order valence-corrected chi connectivity index (χ1v) is 10.0. The third kappa shape index (κ3) is 2.51. The van der Waals surface area contributed by atoms with Gasteiger partial charge in [-0.3, -0.25) is 0 Å². The minimum absolute atomic E-state index is 0.277. The molecule has 0 radical (unpaired) electrons. The predicted octanol–water partition coefficient (Wildman–Crippen LogP) is 5.42. The summed E-state index contributed by atoms with van der Waals surface area (Å²) in [6.07, 6.45) is 6.96. The van der Waals surface area contributed by atoms with E-state index >= 15 is 0 Å². The van der Waals surface area contributed by atoms with Crippen LogP contribution in [0.3, 0.4) is 0 Å². The van der Waals surface area contributed by atoms with E-state index in [1.165, 1.54) is 36.8 Å². The van der Waals surface area contributed by atoms with Crippen LogP contribution >= 0.6 is 15.9 Å². The first kappa shape index (κ1) is 16.1. The van der Waals surface area contributed by atoms with Crippen LogP contribution in [0, 0.1) is 12.8 Å². The van der Waals surface area contributed by atoms with Gasteiger partial charge in [-0.05, 0) is 55.1 Å². The fourth-order valence-corrected chi connectivity index (χ4v) is 5.98. The lowest BCUT2D eigenvalue weighted by Gasteiger charge is -2.49. The number of aryl methyl sites for hydroxylation is 1. The molecular formula is C20H27BrO2. The van der Waals surface area contributed by atoms with Crippen LogP contribution < -0.4 is 0 Å². The molecule has 4 rings (SSSR count). The van der Waals surface area contributed by atoms with E-state index in [1.807, 2.05) is 0 Å². The smallest absolute Gasteiger partial charge is 0.168 e. The normalized spacial score (nSPS) is 35.6. The van der Waals surface area contributed by atoms with Gasteiger partial charge < -0.3 is 9.47 Å². The zero-order valence-corrected chi connectivity index (χ0v) is 15.8. The highest BCUT2D eigenvalue weighted by Gasteiger charge is 2.53. The zero-order valence-electron chi connectivity index (χ0n) is 14.2. The molecule has 1 saturated heterocycles. The molecule has 1 aromatic rings. The number of ether oxygens (including phenoxy) is 2. The third-order valence-corrected chi connectivity index (χ3v) is 7.54. The van der Waals surface area contributed by atoms with Crippen molar-refractivity contribution in [3.8, 4) is 0 Å². The highest BCUT2D eigenvalue weighted by molar-refractivity contribution is 9.09. The first-order valence-electron chi connectivity index (χ1n) is 9.12. The number of benzene rings is 1. The van der Waals surface area contributed by atoms with Crippen molar-refractivity contribution < 1.29 is 9.47 Å². The van der Waals surface area contributed by atoms with Crippen molar-refractivity contribution in [1.29, 1.82) is 0 Å². The maximum absolute atomic E-state index is 6.06. The number of hydrogen-bond acceptors (Lipinski definition) is 2. The molecule has 0 N–H and O–H groups in total. The Kier molecular flexibility index (Phi) is 4.10. The molecule has 3 atom stereocenters. The molecule has 23 heavy (non-hydrogen) atoms. The Hall–Kier alpha value is -0.380. The van der Waals surface area contributed by atoms with Gasteiger partial charge in [-0.2, -0.15) is 0 Å². The molecule has 1 spiro atoms. The van der Waals surface area contributed by atoms with Gasteiger partial charge in [0.1, 0.15) is 0 Å². The minimum Gasteiger partial charge on any atom is -0.348 e. The SMILES string of the molecule is CC[C@@]12CCC3(C[C@@H]1CCC(Br)c1cc(C)ccc12)OCCO3. The average Bonchev–Trinajstić information content (AvgIpc) is 2.97. The van der Waals surface area contributed by atoms with Crippen LogP contribution in [-0.4, -0.2) is 19.0 Å². The molecule has 0 amide bonds. The number of hydrogen-bond donors (Lipinski definition) is 0. The molecule has 0 aromatic heterocycles. The molecule has 0 bridgehead atoms. The van der Waals surface area contributed by atoms with Crippen molar-refractivity contribution in [2.24, 2.45) is 5.92 Å². The van der Waals surface area contributed by atoms with Crippen LogP contribution in [0.15, 0.2) is 18.2 Å².